The Morgan fingerprint density at radius 1 is 1.47 bits per heavy atom. The highest BCUT2D eigenvalue weighted by atomic mass is 79.9. The van der Waals surface area contributed by atoms with Gasteiger partial charge >= 0.3 is 0 Å². The Balaban J connectivity index is 2.02. The van der Waals surface area contributed by atoms with Gasteiger partial charge in [0, 0.05) is 32.4 Å². The first kappa shape index (κ1) is 15.0. The van der Waals surface area contributed by atoms with Gasteiger partial charge in [0.15, 0.2) is 0 Å². The van der Waals surface area contributed by atoms with E-state index < -0.39 is 0 Å². The molecule has 1 fully saturated rings. The zero-order chi connectivity index (χ0) is 14.0. The quantitative estimate of drug-likeness (QED) is 0.835. The lowest BCUT2D eigenvalue weighted by Crippen LogP contribution is -2.53. The Hall–Kier alpha value is -0.430. The second-order valence-corrected chi connectivity index (χ2v) is 6.32. The predicted molar refractivity (Wildman–Crippen MR) is 87.0 cm³/mol. The van der Waals surface area contributed by atoms with Gasteiger partial charge in [0.1, 0.15) is 5.82 Å². The summed E-state index contributed by atoms with van der Waals surface area (Å²) < 4.78 is 0.927. The van der Waals surface area contributed by atoms with Crippen LogP contribution in [0.3, 0.4) is 0 Å². The second kappa shape index (κ2) is 6.35. The molecule has 2 N–H and O–H groups in total. The largest absolute Gasteiger partial charge is 0.392 e. The summed E-state index contributed by atoms with van der Waals surface area (Å²) in [5, 5.41) is 0.636. The van der Waals surface area contributed by atoms with E-state index in [0.717, 1.165) is 36.5 Å². The molecular formula is C12H16BrClN4S. The maximum Gasteiger partial charge on any atom is 0.143 e. The van der Waals surface area contributed by atoms with Gasteiger partial charge in [-0.25, -0.2) is 4.98 Å². The van der Waals surface area contributed by atoms with Crippen LogP contribution in [-0.2, 0) is 0 Å². The van der Waals surface area contributed by atoms with Gasteiger partial charge in [-0.05, 0) is 28.9 Å². The summed E-state index contributed by atoms with van der Waals surface area (Å²) in [6.07, 6.45) is 1.67. The van der Waals surface area contributed by atoms with E-state index in [1.54, 1.807) is 6.20 Å². The summed E-state index contributed by atoms with van der Waals surface area (Å²) in [4.78, 5) is 9.47. The normalized spacial score (nSPS) is 18.4. The Bertz CT molecular complexity index is 477. The van der Waals surface area contributed by atoms with Gasteiger partial charge in [0.25, 0.3) is 0 Å². The summed E-state index contributed by atoms with van der Waals surface area (Å²) >= 11 is 14.5. The van der Waals surface area contributed by atoms with Crippen LogP contribution in [0.25, 0.3) is 0 Å². The molecule has 7 heteroatoms. The molecule has 1 aromatic rings. The standard InChI is InChI=1S/C12H16BrClN4S/c1-8(11(15)19)17-2-4-18(5-3-17)12-10(13)6-9(14)7-16-12/h6-8H,2-5H2,1H3,(H2,15,19). The number of hydrogen-bond acceptors (Lipinski definition) is 4. The van der Waals surface area contributed by atoms with Crippen LogP contribution in [0.5, 0.6) is 0 Å². The fourth-order valence-electron chi connectivity index (χ4n) is 2.14. The third-order valence-corrected chi connectivity index (χ3v) is 4.49. The summed E-state index contributed by atoms with van der Waals surface area (Å²) in [6, 6.07) is 2.02. The molecule has 2 rings (SSSR count). The predicted octanol–water partition coefficient (Wildman–Crippen LogP) is 2.29. The summed E-state index contributed by atoms with van der Waals surface area (Å²) in [5.74, 6) is 0.937. The maximum absolute atomic E-state index is 5.91. The van der Waals surface area contributed by atoms with Gasteiger partial charge < -0.3 is 10.6 Å². The van der Waals surface area contributed by atoms with Crippen molar-refractivity contribution in [2.24, 2.45) is 5.73 Å². The van der Waals surface area contributed by atoms with Crippen LogP contribution >= 0.6 is 39.7 Å². The van der Waals surface area contributed by atoms with Crippen molar-refractivity contribution < 1.29 is 0 Å². The molecule has 1 saturated heterocycles. The minimum absolute atomic E-state index is 0.152. The second-order valence-electron chi connectivity index (χ2n) is 4.56. The summed E-state index contributed by atoms with van der Waals surface area (Å²) in [6.45, 7) is 5.71. The molecule has 1 aliphatic rings. The highest BCUT2D eigenvalue weighted by Gasteiger charge is 2.24. The van der Waals surface area contributed by atoms with Crippen LogP contribution in [0.1, 0.15) is 6.92 Å². The van der Waals surface area contributed by atoms with Crippen LogP contribution in [0.15, 0.2) is 16.7 Å². The molecule has 1 aliphatic heterocycles. The zero-order valence-corrected chi connectivity index (χ0v) is 13.8. The molecule has 4 nitrogen and oxygen atoms in total. The van der Waals surface area contributed by atoms with Gasteiger partial charge in [-0.2, -0.15) is 0 Å². The number of nitrogens with zero attached hydrogens (tertiary/aromatic N) is 3. The monoisotopic (exact) mass is 362 g/mol. The molecular weight excluding hydrogens is 348 g/mol. The lowest BCUT2D eigenvalue weighted by Gasteiger charge is -2.38. The first-order valence-electron chi connectivity index (χ1n) is 6.08. The molecule has 0 spiro atoms. The number of thiocarbonyl (C=S) groups is 1. The van der Waals surface area contributed by atoms with E-state index in [0.29, 0.717) is 10.0 Å². The molecule has 1 atom stereocenters. The average molecular weight is 364 g/mol. The number of piperazine rings is 1. The minimum atomic E-state index is 0.152. The zero-order valence-electron chi connectivity index (χ0n) is 10.6. The third kappa shape index (κ3) is 3.56. The highest BCUT2D eigenvalue weighted by molar-refractivity contribution is 9.10. The van der Waals surface area contributed by atoms with E-state index in [1.807, 2.05) is 6.07 Å². The number of hydrogen-bond donors (Lipinski definition) is 1. The van der Waals surface area contributed by atoms with Crippen molar-refractivity contribution in [2.75, 3.05) is 31.1 Å². The Morgan fingerprint density at radius 2 is 2.11 bits per heavy atom. The SMILES string of the molecule is CC(C(N)=S)N1CCN(c2ncc(Cl)cc2Br)CC1. The van der Waals surface area contributed by atoms with Crippen LogP contribution in [0.2, 0.25) is 5.02 Å². The van der Waals surface area contributed by atoms with Crippen molar-refractivity contribution in [3.05, 3.63) is 21.8 Å². The number of anilines is 1. The number of rotatable bonds is 3. The van der Waals surface area contributed by atoms with Crippen LogP contribution in [-0.4, -0.2) is 47.1 Å². The van der Waals surface area contributed by atoms with Crippen molar-refractivity contribution in [3.63, 3.8) is 0 Å². The molecule has 1 unspecified atom stereocenters. The highest BCUT2D eigenvalue weighted by Crippen LogP contribution is 2.27. The van der Waals surface area contributed by atoms with Gasteiger partial charge in [0.05, 0.1) is 20.5 Å². The Kier molecular flexibility index (Phi) is 5.00. The third-order valence-electron chi connectivity index (χ3n) is 3.36. The number of nitrogens with two attached hydrogens (primary N) is 1. The lowest BCUT2D eigenvalue weighted by molar-refractivity contribution is 0.238. The molecule has 1 aromatic heterocycles. The van der Waals surface area contributed by atoms with Gasteiger partial charge in [-0.1, -0.05) is 23.8 Å². The molecule has 0 amide bonds. The van der Waals surface area contributed by atoms with Crippen molar-refractivity contribution in [3.8, 4) is 0 Å². The average Bonchev–Trinajstić information content (AvgIpc) is 2.38. The van der Waals surface area contributed by atoms with Gasteiger partial charge in [-0.15, -0.1) is 0 Å². The molecule has 0 aromatic carbocycles. The maximum atomic E-state index is 5.91. The van der Waals surface area contributed by atoms with E-state index in [1.165, 1.54) is 0 Å². The molecule has 0 saturated carbocycles. The minimum Gasteiger partial charge on any atom is -0.392 e. The smallest absolute Gasteiger partial charge is 0.143 e. The molecule has 0 radical (unpaired) electrons. The van der Waals surface area contributed by atoms with Crippen molar-refractivity contribution >= 4 is 50.6 Å². The van der Waals surface area contributed by atoms with E-state index in [4.69, 9.17) is 29.6 Å². The first-order valence-corrected chi connectivity index (χ1v) is 7.66. The molecule has 104 valence electrons. The van der Waals surface area contributed by atoms with Crippen molar-refractivity contribution in [1.82, 2.24) is 9.88 Å². The number of halogens is 2. The van der Waals surface area contributed by atoms with Crippen molar-refractivity contribution in [1.29, 1.82) is 0 Å². The molecule has 0 bridgehead atoms. The fourth-order valence-corrected chi connectivity index (χ4v) is 3.18. The topological polar surface area (TPSA) is 45.4 Å². The Labute approximate surface area is 132 Å². The fraction of sp³-hybridized carbons (Fsp3) is 0.500. The van der Waals surface area contributed by atoms with E-state index >= 15 is 0 Å². The van der Waals surface area contributed by atoms with Crippen LogP contribution < -0.4 is 10.6 Å². The molecule has 0 aliphatic carbocycles. The van der Waals surface area contributed by atoms with Crippen LogP contribution in [0.4, 0.5) is 5.82 Å². The number of pyridine rings is 1. The Morgan fingerprint density at radius 3 is 2.63 bits per heavy atom. The van der Waals surface area contributed by atoms with Crippen LogP contribution in [0, 0.1) is 0 Å². The van der Waals surface area contributed by atoms with E-state index in [2.05, 4.69) is 37.6 Å². The number of aromatic nitrogens is 1. The van der Waals surface area contributed by atoms with Gasteiger partial charge in [0.2, 0.25) is 0 Å². The van der Waals surface area contributed by atoms with Crippen molar-refractivity contribution in [2.45, 2.75) is 13.0 Å². The summed E-state index contributed by atoms with van der Waals surface area (Å²) in [7, 11) is 0. The van der Waals surface area contributed by atoms with Gasteiger partial charge in [-0.3, -0.25) is 4.90 Å². The molecule has 2 heterocycles. The van der Waals surface area contributed by atoms with E-state index in [-0.39, 0.29) is 6.04 Å². The lowest BCUT2D eigenvalue weighted by atomic mass is 10.2. The molecule has 19 heavy (non-hydrogen) atoms. The summed E-state index contributed by atoms with van der Waals surface area (Å²) in [5.41, 5.74) is 5.69. The first-order chi connectivity index (χ1) is 8.99. The van der Waals surface area contributed by atoms with E-state index in [9.17, 15) is 0 Å².